The van der Waals surface area contributed by atoms with Crippen LogP contribution >= 0.6 is 0 Å². The van der Waals surface area contributed by atoms with Gasteiger partial charge in [0.25, 0.3) is 5.91 Å². The van der Waals surface area contributed by atoms with E-state index in [1.54, 1.807) is 6.92 Å². The Hall–Kier alpha value is -2.43. The number of hydrogen-bond donors (Lipinski definition) is 1. The molecule has 0 heterocycles. The molecule has 2 aromatic rings. The van der Waals surface area contributed by atoms with E-state index >= 15 is 0 Å². The molecular formula is C17H17F2NO2. The predicted octanol–water partition coefficient (Wildman–Crippen LogP) is 3.99. The molecule has 0 saturated carbocycles. The van der Waals surface area contributed by atoms with Crippen molar-refractivity contribution in [3.05, 3.63) is 59.2 Å². The molecule has 0 aliphatic carbocycles. The summed E-state index contributed by atoms with van der Waals surface area (Å²) < 4.78 is 32.0. The molecule has 5 heteroatoms. The summed E-state index contributed by atoms with van der Waals surface area (Å²) in [4.78, 5) is 12.1. The third-order valence-corrected chi connectivity index (χ3v) is 3.21. The molecule has 0 aliphatic heterocycles. The van der Waals surface area contributed by atoms with Crippen molar-refractivity contribution in [3.63, 3.8) is 0 Å². The van der Waals surface area contributed by atoms with Crippen LogP contribution in [0.3, 0.4) is 0 Å². The van der Waals surface area contributed by atoms with E-state index in [4.69, 9.17) is 4.74 Å². The first-order chi connectivity index (χ1) is 10.4. The first-order valence-corrected chi connectivity index (χ1v) is 6.86. The van der Waals surface area contributed by atoms with Crippen molar-refractivity contribution in [1.29, 1.82) is 0 Å². The molecule has 0 bridgehead atoms. The Labute approximate surface area is 127 Å². The van der Waals surface area contributed by atoms with Gasteiger partial charge in [0, 0.05) is 6.07 Å². The molecule has 0 radical (unpaired) electrons. The maximum absolute atomic E-state index is 13.5. The van der Waals surface area contributed by atoms with E-state index in [0.717, 1.165) is 17.2 Å². The molecule has 116 valence electrons. The summed E-state index contributed by atoms with van der Waals surface area (Å²) in [5, 5.41) is 2.39. The van der Waals surface area contributed by atoms with Crippen molar-refractivity contribution in [3.8, 4) is 5.75 Å². The minimum absolute atomic E-state index is 0.0807. The Morgan fingerprint density at radius 3 is 2.55 bits per heavy atom. The normalized spacial score (nSPS) is 11.9. The molecule has 1 atom stereocenters. The van der Waals surface area contributed by atoms with E-state index in [9.17, 15) is 13.6 Å². The van der Waals surface area contributed by atoms with Gasteiger partial charge in [-0.3, -0.25) is 4.79 Å². The molecule has 2 rings (SSSR count). The minimum atomic E-state index is -0.827. The van der Waals surface area contributed by atoms with Gasteiger partial charge in [-0.1, -0.05) is 12.1 Å². The fourth-order valence-electron chi connectivity index (χ4n) is 1.90. The first-order valence-electron chi connectivity index (χ1n) is 6.86. The monoisotopic (exact) mass is 305 g/mol. The van der Waals surface area contributed by atoms with Crippen LogP contribution in [0.15, 0.2) is 36.4 Å². The molecule has 1 N–H and O–H groups in total. The quantitative estimate of drug-likeness (QED) is 0.927. The average Bonchev–Trinajstić information content (AvgIpc) is 2.45. The van der Waals surface area contributed by atoms with Crippen LogP contribution in [0.2, 0.25) is 0 Å². The topological polar surface area (TPSA) is 38.3 Å². The molecule has 0 saturated heterocycles. The van der Waals surface area contributed by atoms with Crippen molar-refractivity contribution in [2.24, 2.45) is 0 Å². The lowest BCUT2D eigenvalue weighted by Crippen LogP contribution is -2.30. The summed E-state index contributed by atoms with van der Waals surface area (Å²) in [6.07, 6.45) is -0.815. The van der Waals surface area contributed by atoms with Gasteiger partial charge in [0.2, 0.25) is 0 Å². The molecule has 0 unspecified atom stereocenters. The second kappa shape index (κ2) is 6.56. The van der Waals surface area contributed by atoms with Crippen LogP contribution < -0.4 is 10.1 Å². The number of nitrogens with one attached hydrogen (secondary N) is 1. The maximum Gasteiger partial charge on any atom is 0.265 e. The Bertz CT molecular complexity index is 701. The van der Waals surface area contributed by atoms with E-state index in [0.29, 0.717) is 11.8 Å². The highest BCUT2D eigenvalue weighted by Crippen LogP contribution is 2.21. The van der Waals surface area contributed by atoms with Crippen LogP contribution in [0.5, 0.6) is 5.75 Å². The van der Waals surface area contributed by atoms with Crippen molar-refractivity contribution in [1.82, 2.24) is 0 Å². The van der Waals surface area contributed by atoms with Crippen LogP contribution in [-0.2, 0) is 4.79 Å². The summed E-state index contributed by atoms with van der Waals surface area (Å²) in [5.41, 5.74) is 1.83. The van der Waals surface area contributed by atoms with E-state index in [-0.39, 0.29) is 5.69 Å². The van der Waals surface area contributed by atoms with Gasteiger partial charge in [-0.15, -0.1) is 0 Å². The van der Waals surface area contributed by atoms with Crippen LogP contribution in [0, 0.1) is 25.5 Å². The highest BCUT2D eigenvalue weighted by Gasteiger charge is 2.17. The minimum Gasteiger partial charge on any atom is -0.481 e. The predicted molar refractivity (Wildman–Crippen MR) is 81.0 cm³/mol. The van der Waals surface area contributed by atoms with Crippen LogP contribution in [0.1, 0.15) is 18.1 Å². The summed E-state index contributed by atoms with van der Waals surface area (Å²) in [5.74, 6) is -1.43. The lowest BCUT2D eigenvalue weighted by atomic mass is 10.1. The van der Waals surface area contributed by atoms with Crippen LogP contribution in [-0.4, -0.2) is 12.0 Å². The summed E-state index contributed by atoms with van der Waals surface area (Å²) in [6, 6.07) is 8.64. The molecule has 0 spiro atoms. The largest absolute Gasteiger partial charge is 0.481 e. The van der Waals surface area contributed by atoms with Crippen molar-refractivity contribution < 1.29 is 18.3 Å². The zero-order valence-electron chi connectivity index (χ0n) is 12.6. The van der Waals surface area contributed by atoms with Crippen molar-refractivity contribution in [2.75, 3.05) is 5.32 Å². The molecule has 2 aromatic carbocycles. The SMILES string of the molecule is Cc1ccc(C)c(O[C@H](C)C(=O)Nc2ccc(F)cc2F)c1. The maximum atomic E-state index is 13.5. The van der Waals surface area contributed by atoms with E-state index in [1.165, 1.54) is 6.07 Å². The summed E-state index contributed by atoms with van der Waals surface area (Å²) >= 11 is 0. The molecular weight excluding hydrogens is 288 g/mol. The Morgan fingerprint density at radius 2 is 1.86 bits per heavy atom. The van der Waals surface area contributed by atoms with Crippen molar-refractivity contribution in [2.45, 2.75) is 26.9 Å². The second-order valence-corrected chi connectivity index (χ2v) is 5.14. The first kappa shape index (κ1) is 15.9. The zero-order chi connectivity index (χ0) is 16.3. The number of rotatable bonds is 4. The third kappa shape index (κ3) is 3.81. The molecule has 3 nitrogen and oxygen atoms in total. The van der Waals surface area contributed by atoms with Gasteiger partial charge < -0.3 is 10.1 Å². The number of carbonyl (C=O) groups is 1. The summed E-state index contributed by atoms with van der Waals surface area (Å²) in [6.45, 7) is 5.36. The fourth-order valence-corrected chi connectivity index (χ4v) is 1.90. The smallest absolute Gasteiger partial charge is 0.265 e. The number of anilines is 1. The average molecular weight is 305 g/mol. The Balaban J connectivity index is 2.07. The Kier molecular flexibility index (Phi) is 4.75. The Morgan fingerprint density at radius 1 is 1.14 bits per heavy atom. The van der Waals surface area contributed by atoms with Gasteiger partial charge in [0.15, 0.2) is 6.10 Å². The summed E-state index contributed by atoms with van der Waals surface area (Å²) in [7, 11) is 0. The van der Waals surface area contributed by atoms with Gasteiger partial charge >= 0.3 is 0 Å². The lowest BCUT2D eigenvalue weighted by Gasteiger charge is -2.17. The van der Waals surface area contributed by atoms with E-state index < -0.39 is 23.6 Å². The number of aryl methyl sites for hydroxylation is 2. The molecule has 0 fully saturated rings. The highest BCUT2D eigenvalue weighted by molar-refractivity contribution is 5.94. The van der Waals surface area contributed by atoms with E-state index in [1.807, 2.05) is 32.0 Å². The number of hydrogen-bond acceptors (Lipinski definition) is 2. The van der Waals surface area contributed by atoms with Gasteiger partial charge in [0.1, 0.15) is 17.4 Å². The second-order valence-electron chi connectivity index (χ2n) is 5.14. The van der Waals surface area contributed by atoms with Gasteiger partial charge in [-0.2, -0.15) is 0 Å². The van der Waals surface area contributed by atoms with Crippen molar-refractivity contribution >= 4 is 11.6 Å². The number of carbonyl (C=O) groups excluding carboxylic acids is 1. The molecule has 22 heavy (non-hydrogen) atoms. The number of halogens is 2. The molecule has 0 aliphatic rings. The van der Waals surface area contributed by atoms with Crippen LogP contribution in [0.4, 0.5) is 14.5 Å². The number of amides is 1. The molecule has 1 amide bonds. The number of benzene rings is 2. The fraction of sp³-hybridized carbons (Fsp3) is 0.235. The van der Waals surface area contributed by atoms with E-state index in [2.05, 4.69) is 5.32 Å². The molecule has 0 aromatic heterocycles. The number of ether oxygens (including phenoxy) is 1. The lowest BCUT2D eigenvalue weighted by molar-refractivity contribution is -0.122. The standard InChI is InChI=1S/C17H17F2NO2/c1-10-4-5-11(2)16(8-10)22-12(3)17(21)20-15-7-6-13(18)9-14(15)19/h4-9,12H,1-3H3,(H,20,21)/t12-/m1/s1. The zero-order valence-corrected chi connectivity index (χ0v) is 12.6. The third-order valence-electron chi connectivity index (χ3n) is 3.21. The highest BCUT2D eigenvalue weighted by atomic mass is 19.1. The van der Waals surface area contributed by atoms with Crippen LogP contribution in [0.25, 0.3) is 0 Å². The van der Waals surface area contributed by atoms with Gasteiger partial charge in [-0.25, -0.2) is 8.78 Å². The van der Waals surface area contributed by atoms with Gasteiger partial charge in [0.05, 0.1) is 5.69 Å². The van der Waals surface area contributed by atoms with Gasteiger partial charge in [-0.05, 0) is 50.1 Å².